The van der Waals surface area contributed by atoms with Gasteiger partial charge in [0.25, 0.3) is 11.8 Å². The summed E-state index contributed by atoms with van der Waals surface area (Å²) in [6.07, 6.45) is 0.852. The normalized spacial score (nSPS) is 10.8. The quantitative estimate of drug-likeness (QED) is 0.635. The van der Waals surface area contributed by atoms with Crippen LogP contribution in [0.5, 0.6) is 17.2 Å². The third kappa shape index (κ3) is 6.29. The van der Waals surface area contributed by atoms with Gasteiger partial charge in [-0.05, 0) is 62.7 Å². The lowest BCUT2D eigenvalue weighted by atomic mass is 10.1. The van der Waals surface area contributed by atoms with Gasteiger partial charge in [-0.1, -0.05) is 18.5 Å². The molecule has 156 valence electrons. The Labute approximate surface area is 175 Å². The van der Waals surface area contributed by atoms with E-state index in [1.54, 1.807) is 56.3 Å². The average Bonchev–Trinajstić information content (AvgIpc) is 2.71. The zero-order valence-corrected chi connectivity index (χ0v) is 17.6. The van der Waals surface area contributed by atoms with E-state index in [9.17, 15) is 9.59 Å². The van der Waals surface area contributed by atoms with Crippen LogP contribution in [0.4, 0.5) is 0 Å². The Hall–Kier alpha value is -2.93. The predicted octanol–water partition coefficient (Wildman–Crippen LogP) is 3.76. The van der Waals surface area contributed by atoms with Crippen molar-refractivity contribution < 1.29 is 23.8 Å². The van der Waals surface area contributed by atoms with E-state index in [0.717, 1.165) is 6.42 Å². The topological polar surface area (TPSA) is 85.9 Å². The van der Waals surface area contributed by atoms with Gasteiger partial charge in [-0.2, -0.15) is 0 Å². The minimum absolute atomic E-state index is 0.308. The van der Waals surface area contributed by atoms with Crippen molar-refractivity contribution in [3.8, 4) is 17.2 Å². The third-order valence-electron chi connectivity index (χ3n) is 3.91. The molecule has 0 saturated carbocycles. The summed E-state index contributed by atoms with van der Waals surface area (Å²) in [6.45, 7) is 5.72. The lowest BCUT2D eigenvalue weighted by molar-refractivity contribution is -0.135. The van der Waals surface area contributed by atoms with Crippen LogP contribution in [0.25, 0.3) is 0 Å². The number of ether oxygens (including phenoxy) is 3. The summed E-state index contributed by atoms with van der Waals surface area (Å²) in [7, 11) is 1.49. The number of nitrogens with one attached hydrogen (secondary N) is 2. The molecule has 2 rings (SSSR count). The Bertz CT molecular complexity index is 853. The fourth-order valence-corrected chi connectivity index (χ4v) is 2.45. The van der Waals surface area contributed by atoms with Crippen molar-refractivity contribution in [1.82, 2.24) is 10.9 Å². The van der Waals surface area contributed by atoms with Crippen LogP contribution < -0.4 is 25.1 Å². The summed E-state index contributed by atoms with van der Waals surface area (Å²) in [6, 6.07) is 11.4. The van der Waals surface area contributed by atoms with E-state index >= 15 is 0 Å². The number of methoxy groups -OCH3 is 1. The van der Waals surface area contributed by atoms with Gasteiger partial charge in [-0.3, -0.25) is 20.4 Å². The fourth-order valence-electron chi connectivity index (χ4n) is 2.32. The summed E-state index contributed by atoms with van der Waals surface area (Å²) in [4.78, 5) is 24.8. The van der Waals surface area contributed by atoms with E-state index in [1.807, 2.05) is 6.92 Å². The maximum atomic E-state index is 12.4. The van der Waals surface area contributed by atoms with E-state index in [2.05, 4.69) is 10.9 Å². The number of hydrogen-bond acceptors (Lipinski definition) is 5. The molecule has 0 spiro atoms. The smallest absolute Gasteiger partial charge is 0.281 e. The number of carbonyl (C=O) groups excluding carboxylic acids is 2. The van der Waals surface area contributed by atoms with Gasteiger partial charge in [0, 0.05) is 10.6 Å². The minimum atomic E-state index is -1.23. The standard InChI is InChI=1S/C21H25ClN2O5/c1-5-12-28-17-11-6-14(13-18(17)27-4)19(25)23-24-20(26)21(2,3)29-16-9-7-15(22)8-10-16/h6-11,13H,5,12H2,1-4H3,(H,23,25)(H,24,26). The van der Waals surface area contributed by atoms with Gasteiger partial charge in [-0.25, -0.2) is 0 Å². The van der Waals surface area contributed by atoms with E-state index in [0.29, 0.717) is 34.4 Å². The molecule has 2 aromatic carbocycles. The summed E-state index contributed by atoms with van der Waals surface area (Å²) in [5, 5.41) is 0.563. The highest BCUT2D eigenvalue weighted by molar-refractivity contribution is 6.30. The SMILES string of the molecule is CCCOc1ccc(C(=O)NNC(=O)C(C)(C)Oc2ccc(Cl)cc2)cc1OC. The van der Waals surface area contributed by atoms with Crippen LogP contribution in [0, 0.1) is 0 Å². The molecular weight excluding hydrogens is 396 g/mol. The maximum absolute atomic E-state index is 12.4. The summed E-state index contributed by atoms with van der Waals surface area (Å²) in [5.41, 5.74) is 3.84. The Balaban J connectivity index is 1.98. The van der Waals surface area contributed by atoms with Gasteiger partial charge in [0.2, 0.25) is 0 Å². The molecule has 0 unspecified atom stereocenters. The van der Waals surface area contributed by atoms with E-state index in [-0.39, 0.29) is 0 Å². The first-order chi connectivity index (χ1) is 13.8. The molecule has 0 radical (unpaired) electrons. The Morgan fingerprint density at radius 3 is 2.34 bits per heavy atom. The minimum Gasteiger partial charge on any atom is -0.493 e. The molecule has 0 aliphatic carbocycles. The number of amides is 2. The van der Waals surface area contributed by atoms with Crippen molar-refractivity contribution in [2.75, 3.05) is 13.7 Å². The molecule has 0 aliphatic heterocycles. The molecule has 2 aromatic rings. The number of hydrazine groups is 1. The molecule has 2 N–H and O–H groups in total. The van der Waals surface area contributed by atoms with Crippen LogP contribution in [0.1, 0.15) is 37.6 Å². The predicted molar refractivity (Wildman–Crippen MR) is 111 cm³/mol. The van der Waals surface area contributed by atoms with Crippen molar-refractivity contribution in [2.24, 2.45) is 0 Å². The highest BCUT2D eigenvalue weighted by Gasteiger charge is 2.30. The van der Waals surface area contributed by atoms with Crippen LogP contribution in [-0.2, 0) is 4.79 Å². The van der Waals surface area contributed by atoms with Gasteiger partial charge in [0.15, 0.2) is 17.1 Å². The second kappa shape index (κ2) is 10.0. The van der Waals surface area contributed by atoms with E-state index < -0.39 is 17.4 Å². The van der Waals surface area contributed by atoms with Crippen LogP contribution in [-0.4, -0.2) is 31.1 Å². The number of rotatable bonds is 8. The third-order valence-corrected chi connectivity index (χ3v) is 4.16. The van der Waals surface area contributed by atoms with Gasteiger partial charge < -0.3 is 14.2 Å². The van der Waals surface area contributed by atoms with Crippen molar-refractivity contribution in [3.05, 3.63) is 53.1 Å². The van der Waals surface area contributed by atoms with Crippen LogP contribution >= 0.6 is 11.6 Å². The Morgan fingerprint density at radius 1 is 1.03 bits per heavy atom. The second-order valence-corrected chi connectivity index (χ2v) is 7.13. The zero-order chi connectivity index (χ0) is 21.4. The maximum Gasteiger partial charge on any atom is 0.281 e. The van der Waals surface area contributed by atoms with Crippen molar-refractivity contribution in [1.29, 1.82) is 0 Å². The molecule has 2 amide bonds. The lowest BCUT2D eigenvalue weighted by Gasteiger charge is -2.25. The summed E-state index contributed by atoms with van der Waals surface area (Å²) in [5.74, 6) is 0.446. The first kappa shape index (κ1) is 22.4. The van der Waals surface area contributed by atoms with Crippen LogP contribution in [0.2, 0.25) is 5.02 Å². The summed E-state index contributed by atoms with van der Waals surface area (Å²) < 4.78 is 16.5. The molecule has 0 aliphatic rings. The first-order valence-electron chi connectivity index (χ1n) is 9.13. The highest BCUT2D eigenvalue weighted by Crippen LogP contribution is 2.28. The molecular formula is C21H25ClN2O5. The molecule has 0 aromatic heterocycles. The van der Waals surface area contributed by atoms with Gasteiger partial charge >= 0.3 is 0 Å². The second-order valence-electron chi connectivity index (χ2n) is 6.69. The number of carbonyl (C=O) groups is 2. The molecule has 7 nitrogen and oxygen atoms in total. The summed E-state index contributed by atoms with van der Waals surface area (Å²) >= 11 is 5.85. The van der Waals surface area contributed by atoms with Crippen molar-refractivity contribution >= 4 is 23.4 Å². The molecule has 29 heavy (non-hydrogen) atoms. The van der Waals surface area contributed by atoms with Crippen LogP contribution in [0.3, 0.4) is 0 Å². The van der Waals surface area contributed by atoms with Crippen LogP contribution in [0.15, 0.2) is 42.5 Å². The first-order valence-corrected chi connectivity index (χ1v) is 9.51. The van der Waals surface area contributed by atoms with Gasteiger partial charge in [-0.15, -0.1) is 0 Å². The fraction of sp³-hybridized carbons (Fsp3) is 0.333. The van der Waals surface area contributed by atoms with Gasteiger partial charge in [0.1, 0.15) is 5.75 Å². The lowest BCUT2D eigenvalue weighted by Crippen LogP contribution is -2.53. The Morgan fingerprint density at radius 2 is 1.72 bits per heavy atom. The van der Waals surface area contributed by atoms with E-state index in [4.69, 9.17) is 25.8 Å². The largest absolute Gasteiger partial charge is 0.493 e. The molecule has 8 heteroatoms. The molecule has 0 fully saturated rings. The number of halogens is 1. The molecule has 0 bridgehead atoms. The van der Waals surface area contributed by atoms with Crippen molar-refractivity contribution in [3.63, 3.8) is 0 Å². The van der Waals surface area contributed by atoms with Crippen molar-refractivity contribution in [2.45, 2.75) is 32.8 Å². The number of benzene rings is 2. The molecule has 0 heterocycles. The average molecular weight is 421 g/mol. The van der Waals surface area contributed by atoms with E-state index in [1.165, 1.54) is 7.11 Å². The molecule has 0 saturated heterocycles. The molecule has 0 atom stereocenters. The zero-order valence-electron chi connectivity index (χ0n) is 16.9. The Kier molecular flexibility index (Phi) is 7.73. The monoisotopic (exact) mass is 420 g/mol. The number of hydrogen-bond donors (Lipinski definition) is 2. The van der Waals surface area contributed by atoms with Gasteiger partial charge in [0.05, 0.1) is 13.7 Å². The highest BCUT2D eigenvalue weighted by atomic mass is 35.5.